The van der Waals surface area contributed by atoms with E-state index in [1.165, 1.54) is 23.9 Å². The van der Waals surface area contributed by atoms with Gasteiger partial charge in [-0.3, -0.25) is 4.79 Å². The van der Waals surface area contributed by atoms with Gasteiger partial charge >= 0.3 is 5.97 Å². The number of hydrogen-bond donors (Lipinski definition) is 0. The Balaban J connectivity index is 1.72. The van der Waals surface area contributed by atoms with Gasteiger partial charge in [0.2, 0.25) is 0 Å². The molecule has 1 amide bonds. The molecule has 0 aromatic heterocycles. The molecule has 0 fully saturated rings. The third-order valence-corrected chi connectivity index (χ3v) is 6.57. The van der Waals surface area contributed by atoms with Gasteiger partial charge in [0.15, 0.2) is 0 Å². The maximum absolute atomic E-state index is 13.6. The van der Waals surface area contributed by atoms with E-state index in [0.29, 0.717) is 35.6 Å². The zero-order valence-electron chi connectivity index (χ0n) is 17.8. The van der Waals surface area contributed by atoms with Crippen LogP contribution >= 0.6 is 23.4 Å². The molecule has 0 atom stereocenters. The molecule has 3 aromatic rings. The van der Waals surface area contributed by atoms with Crippen LogP contribution in [0.15, 0.2) is 70.5 Å². The van der Waals surface area contributed by atoms with Gasteiger partial charge in [0.25, 0.3) is 5.91 Å². The molecule has 4 rings (SSSR count). The van der Waals surface area contributed by atoms with Crippen LogP contribution in [0, 0.1) is 5.82 Å². The summed E-state index contributed by atoms with van der Waals surface area (Å²) in [5.41, 5.74) is 2.00. The first kappa shape index (κ1) is 23.3. The highest BCUT2D eigenvalue weighted by Crippen LogP contribution is 2.42. The highest BCUT2D eigenvalue weighted by Gasteiger charge is 2.29. The van der Waals surface area contributed by atoms with Crippen molar-refractivity contribution >= 4 is 40.9 Å². The Bertz CT molecular complexity index is 1200. The summed E-state index contributed by atoms with van der Waals surface area (Å²) < 4.78 is 24.1. The monoisotopic (exact) mass is 485 g/mol. The first-order chi connectivity index (χ1) is 16.0. The molecule has 1 heterocycles. The molecule has 5 nitrogen and oxygen atoms in total. The van der Waals surface area contributed by atoms with Gasteiger partial charge in [0, 0.05) is 21.4 Å². The molecule has 3 aromatic carbocycles. The maximum Gasteiger partial charge on any atom is 0.338 e. The number of nitrogens with zero attached hydrogens (tertiary/aromatic N) is 1. The summed E-state index contributed by atoms with van der Waals surface area (Å²) in [7, 11) is 0. The Morgan fingerprint density at radius 2 is 1.88 bits per heavy atom. The standard InChI is InChI=1S/C25H21ClFNO4S/c1-2-31-11-12-32-25(30)16-8-10-23-21(13-16)28(15-17-7-9-18(27)14-20(17)26)24(29)19-5-3-4-6-22(19)33-23/h3-10,13-14H,2,11-12,15H2,1H3. The fourth-order valence-corrected chi connectivity index (χ4v) is 4.73. The normalized spacial score (nSPS) is 12.7. The number of benzene rings is 3. The zero-order chi connectivity index (χ0) is 23.4. The molecule has 0 bridgehead atoms. The lowest BCUT2D eigenvalue weighted by Crippen LogP contribution is -2.30. The van der Waals surface area contributed by atoms with Crippen LogP contribution in [0.5, 0.6) is 0 Å². The van der Waals surface area contributed by atoms with Crippen molar-refractivity contribution in [3.05, 3.63) is 88.2 Å². The minimum Gasteiger partial charge on any atom is -0.460 e. The fraction of sp³-hybridized carbons (Fsp3) is 0.200. The Morgan fingerprint density at radius 1 is 1.06 bits per heavy atom. The lowest BCUT2D eigenvalue weighted by atomic mass is 10.1. The minimum atomic E-state index is -0.503. The molecule has 1 aliphatic rings. The second-order valence-electron chi connectivity index (χ2n) is 7.24. The third-order valence-electron chi connectivity index (χ3n) is 5.08. The molecule has 33 heavy (non-hydrogen) atoms. The molecule has 0 N–H and O–H groups in total. The predicted octanol–water partition coefficient (Wildman–Crippen LogP) is 5.98. The van der Waals surface area contributed by atoms with E-state index < -0.39 is 11.8 Å². The van der Waals surface area contributed by atoms with E-state index in [1.807, 2.05) is 19.1 Å². The summed E-state index contributed by atoms with van der Waals surface area (Å²) >= 11 is 7.71. The number of halogens is 2. The molecule has 0 spiro atoms. The number of ether oxygens (including phenoxy) is 2. The van der Waals surface area contributed by atoms with Crippen molar-refractivity contribution < 1.29 is 23.5 Å². The van der Waals surface area contributed by atoms with Crippen LogP contribution in [-0.2, 0) is 16.0 Å². The van der Waals surface area contributed by atoms with Crippen molar-refractivity contribution in [2.45, 2.75) is 23.3 Å². The highest BCUT2D eigenvalue weighted by atomic mass is 35.5. The van der Waals surface area contributed by atoms with Gasteiger partial charge in [-0.15, -0.1) is 0 Å². The number of rotatable bonds is 7. The van der Waals surface area contributed by atoms with Gasteiger partial charge in [-0.25, -0.2) is 9.18 Å². The molecule has 0 saturated carbocycles. The highest BCUT2D eigenvalue weighted by molar-refractivity contribution is 7.99. The zero-order valence-corrected chi connectivity index (χ0v) is 19.4. The van der Waals surface area contributed by atoms with Gasteiger partial charge < -0.3 is 14.4 Å². The predicted molar refractivity (Wildman–Crippen MR) is 126 cm³/mol. The van der Waals surface area contributed by atoms with Crippen molar-refractivity contribution in [3.63, 3.8) is 0 Å². The molecule has 170 valence electrons. The molecule has 0 unspecified atom stereocenters. The van der Waals surface area contributed by atoms with E-state index in [4.69, 9.17) is 21.1 Å². The van der Waals surface area contributed by atoms with Gasteiger partial charge in [-0.05, 0) is 55.0 Å². The van der Waals surface area contributed by atoms with Crippen LogP contribution in [0.25, 0.3) is 0 Å². The molecule has 0 saturated heterocycles. The Kier molecular flexibility index (Phi) is 7.33. The van der Waals surface area contributed by atoms with Gasteiger partial charge in [-0.2, -0.15) is 0 Å². The lowest BCUT2D eigenvalue weighted by molar-refractivity contribution is 0.0335. The van der Waals surface area contributed by atoms with Crippen LogP contribution < -0.4 is 4.90 Å². The topological polar surface area (TPSA) is 55.8 Å². The number of carbonyl (C=O) groups excluding carboxylic acids is 2. The van der Waals surface area contributed by atoms with Crippen molar-refractivity contribution in [1.29, 1.82) is 0 Å². The summed E-state index contributed by atoms with van der Waals surface area (Å²) in [6, 6.07) is 16.5. The van der Waals surface area contributed by atoms with E-state index in [1.54, 1.807) is 41.3 Å². The quantitative estimate of drug-likeness (QED) is 0.304. The maximum atomic E-state index is 13.6. The van der Waals surface area contributed by atoms with Crippen molar-refractivity contribution in [2.75, 3.05) is 24.7 Å². The van der Waals surface area contributed by atoms with Crippen LogP contribution in [0.2, 0.25) is 5.02 Å². The molecule has 0 radical (unpaired) electrons. The summed E-state index contributed by atoms with van der Waals surface area (Å²) in [5.74, 6) is -1.19. The van der Waals surface area contributed by atoms with Crippen LogP contribution in [0.3, 0.4) is 0 Å². The van der Waals surface area contributed by atoms with Gasteiger partial charge in [0.05, 0.1) is 30.0 Å². The Hall–Kier alpha value is -2.87. The number of carbonyl (C=O) groups is 2. The first-order valence-corrected chi connectivity index (χ1v) is 11.6. The number of esters is 1. The number of anilines is 1. The van der Waals surface area contributed by atoms with Crippen LogP contribution in [-0.4, -0.2) is 31.7 Å². The summed E-state index contributed by atoms with van der Waals surface area (Å²) in [4.78, 5) is 29.3. The number of hydrogen-bond acceptors (Lipinski definition) is 5. The Labute approximate surface area is 200 Å². The van der Waals surface area contributed by atoms with E-state index >= 15 is 0 Å². The molecule has 8 heteroatoms. The number of fused-ring (bicyclic) bond motifs is 2. The molecular formula is C25H21ClFNO4S. The molecular weight excluding hydrogens is 465 g/mol. The van der Waals surface area contributed by atoms with E-state index in [-0.39, 0.29) is 24.1 Å². The van der Waals surface area contributed by atoms with Crippen LogP contribution in [0.1, 0.15) is 33.2 Å². The van der Waals surface area contributed by atoms with Gasteiger partial charge in [-0.1, -0.05) is 41.6 Å². The smallest absolute Gasteiger partial charge is 0.338 e. The van der Waals surface area contributed by atoms with Crippen molar-refractivity contribution in [2.24, 2.45) is 0 Å². The van der Waals surface area contributed by atoms with Crippen molar-refractivity contribution in [1.82, 2.24) is 0 Å². The summed E-state index contributed by atoms with van der Waals surface area (Å²) in [5, 5.41) is 0.223. The fourth-order valence-electron chi connectivity index (χ4n) is 3.45. The second kappa shape index (κ2) is 10.4. The number of amides is 1. The lowest BCUT2D eigenvalue weighted by Gasteiger charge is -2.24. The van der Waals surface area contributed by atoms with Crippen LogP contribution in [0.4, 0.5) is 10.1 Å². The summed E-state index contributed by atoms with van der Waals surface area (Å²) in [6.45, 7) is 2.96. The first-order valence-electron chi connectivity index (χ1n) is 10.4. The molecule has 1 aliphatic heterocycles. The average molecular weight is 486 g/mol. The van der Waals surface area contributed by atoms with E-state index in [9.17, 15) is 14.0 Å². The molecule has 0 aliphatic carbocycles. The van der Waals surface area contributed by atoms with E-state index in [0.717, 1.165) is 9.79 Å². The minimum absolute atomic E-state index is 0.114. The van der Waals surface area contributed by atoms with Crippen molar-refractivity contribution in [3.8, 4) is 0 Å². The average Bonchev–Trinajstić information content (AvgIpc) is 2.92. The Morgan fingerprint density at radius 3 is 2.67 bits per heavy atom. The van der Waals surface area contributed by atoms with Gasteiger partial charge in [0.1, 0.15) is 12.4 Å². The summed E-state index contributed by atoms with van der Waals surface area (Å²) in [6.07, 6.45) is 0. The third kappa shape index (κ3) is 5.21. The SMILES string of the molecule is CCOCCOC(=O)c1ccc2c(c1)N(Cc1ccc(F)cc1Cl)C(=O)c1ccccc1S2. The largest absolute Gasteiger partial charge is 0.460 e. The second-order valence-corrected chi connectivity index (χ2v) is 8.73. The van der Waals surface area contributed by atoms with E-state index in [2.05, 4.69) is 0 Å².